The van der Waals surface area contributed by atoms with Gasteiger partial charge in [-0.25, -0.2) is 4.98 Å². The molecular formula is C26H31ClN4O2. The third-order valence-corrected chi connectivity index (χ3v) is 6.73. The van der Waals surface area contributed by atoms with Crippen LogP contribution in [0.4, 0.5) is 0 Å². The quantitative estimate of drug-likeness (QED) is 0.483. The molecule has 0 saturated heterocycles. The van der Waals surface area contributed by atoms with Crippen LogP contribution in [-0.4, -0.2) is 45.9 Å². The monoisotopic (exact) mass is 466 g/mol. The summed E-state index contributed by atoms with van der Waals surface area (Å²) in [6, 6.07) is 15.2. The molecule has 1 aliphatic rings. The molecule has 4 rings (SSSR count). The highest BCUT2D eigenvalue weighted by Crippen LogP contribution is 2.23. The Morgan fingerprint density at radius 3 is 2.70 bits per heavy atom. The summed E-state index contributed by atoms with van der Waals surface area (Å²) >= 11 is 5.98. The number of carbonyl (C=O) groups excluding carboxylic acids is 2. The normalized spacial score (nSPS) is 14.4. The van der Waals surface area contributed by atoms with Gasteiger partial charge in [0.25, 0.3) is 5.91 Å². The molecule has 1 fully saturated rings. The molecule has 0 unspecified atom stereocenters. The number of rotatable bonds is 8. The maximum atomic E-state index is 13.1. The second-order valence-corrected chi connectivity index (χ2v) is 9.21. The first-order valence-electron chi connectivity index (χ1n) is 11.8. The fraction of sp³-hybridized carbons (Fsp3) is 0.423. The van der Waals surface area contributed by atoms with E-state index in [2.05, 4.69) is 5.32 Å². The summed E-state index contributed by atoms with van der Waals surface area (Å²) in [4.78, 5) is 32.2. The van der Waals surface area contributed by atoms with E-state index in [0.717, 1.165) is 36.1 Å². The summed E-state index contributed by atoms with van der Waals surface area (Å²) in [5, 5.41) is 3.48. The lowest BCUT2D eigenvalue weighted by atomic mass is 9.94. The van der Waals surface area contributed by atoms with Crippen LogP contribution >= 0.6 is 11.6 Å². The molecule has 0 atom stereocenters. The van der Waals surface area contributed by atoms with Gasteiger partial charge >= 0.3 is 0 Å². The molecule has 3 aromatic rings. The van der Waals surface area contributed by atoms with Gasteiger partial charge in [-0.2, -0.15) is 0 Å². The topological polar surface area (TPSA) is 67.2 Å². The number of halogens is 1. The predicted octanol–water partition coefficient (Wildman–Crippen LogP) is 4.84. The van der Waals surface area contributed by atoms with E-state index >= 15 is 0 Å². The summed E-state index contributed by atoms with van der Waals surface area (Å²) in [6.07, 6.45) is 7.24. The number of hydrogen-bond acceptors (Lipinski definition) is 3. The Labute approximate surface area is 199 Å². The van der Waals surface area contributed by atoms with E-state index in [0.29, 0.717) is 29.6 Å². The average Bonchev–Trinajstić information content (AvgIpc) is 3.18. The Hall–Kier alpha value is -2.86. The van der Waals surface area contributed by atoms with Crippen LogP contribution in [0.2, 0.25) is 5.02 Å². The number of hydrogen-bond donors (Lipinski definition) is 1. The zero-order valence-electron chi connectivity index (χ0n) is 19.1. The molecule has 33 heavy (non-hydrogen) atoms. The van der Waals surface area contributed by atoms with Gasteiger partial charge in [0.1, 0.15) is 12.4 Å². The van der Waals surface area contributed by atoms with Crippen molar-refractivity contribution in [3.8, 4) is 0 Å². The number of nitrogens with zero attached hydrogens (tertiary/aromatic N) is 3. The zero-order chi connectivity index (χ0) is 23.2. The molecule has 1 aromatic heterocycles. The second kappa shape index (κ2) is 10.8. The molecule has 1 heterocycles. The molecule has 1 N–H and O–H groups in total. The Morgan fingerprint density at radius 2 is 1.91 bits per heavy atom. The van der Waals surface area contributed by atoms with Crippen molar-refractivity contribution in [1.29, 1.82) is 0 Å². The maximum Gasteiger partial charge on any atom is 0.251 e. The fourth-order valence-electron chi connectivity index (χ4n) is 4.59. The van der Waals surface area contributed by atoms with E-state index in [1.54, 1.807) is 24.3 Å². The van der Waals surface area contributed by atoms with Crippen LogP contribution in [0.15, 0.2) is 48.5 Å². The average molecular weight is 467 g/mol. The highest BCUT2D eigenvalue weighted by atomic mass is 35.5. The maximum absolute atomic E-state index is 13.1. The van der Waals surface area contributed by atoms with Crippen molar-refractivity contribution in [1.82, 2.24) is 19.8 Å². The first kappa shape index (κ1) is 23.3. The van der Waals surface area contributed by atoms with Crippen molar-refractivity contribution in [3.05, 3.63) is 64.9 Å². The van der Waals surface area contributed by atoms with E-state index in [1.165, 1.54) is 19.3 Å². The summed E-state index contributed by atoms with van der Waals surface area (Å²) in [6.45, 7) is 0.808. The minimum Gasteiger partial charge on any atom is -0.352 e. The largest absolute Gasteiger partial charge is 0.352 e. The van der Waals surface area contributed by atoms with E-state index in [4.69, 9.17) is 16.6 Å². The minimum atomic E-state index is -0.143. The van der Waals surface area contributed by atoms with Gasteiger partial charge in [-0.05, 0) is 49.6 Å². The Bertz CT molecular complexity index is 1120. The predicted molar refractivity (Wildman–Crippen MR) is 131 cm³/mol. The van der Waals surface area contributed by atoms with Gasteiger partial charge in [0, 0.05) is 36.6 Å². The van der Waals surface area contributed by atoms with E-state index in [9.17, 15) is 9.59 Å². The third-order valence-electron chi connectivity index (χ3n) is 6.49. The fourth-order valence-corrected chi connectivity index (χ4v) is 4.78. The highest BCUT2D eigenvalue weighted by molar-refractivity contribution is 6.30. The van der Waals surface area contributed by atoms with Crippen LogP contribution in [0.5, 0.6) is 0 Å². The van der Waals surface area contributed by atoms with Crippen LogP contribution in [-0.2, 0) is 17.8 Å². The van der Waals surface area contributed by atoms with Crippen LogP contribution in [0.3, 0.4) is 0 Å². The van der Waals surface area contributed by atoms with E-state index in [1.807, 2.05) is 40.8 Å². The number of para-hydroxylation sites is 2. The molecule has 0 spiro atoms. The van der Waals surface area contributed by atoms with Gasteiger partial charge in [0.2, 0.25) is 5.91 Å². The van der Waals surface area contributed by atoms with Crippen molar-refractivity contribution in [2.24, 2.45) is 0 Å². The lowest BCUT2D eigenvalue weighted by Gasteiger charge is -2.31. The van der Waals surface area contributed by atoms with Crippen molar-refractivity contribution in [2.75, 3.05) is 13.6 Å². The van der Waals surface area contributed by atoms with Gasteiger partial charge in [0.05, 0.1) is 11.0 Å². The van der Waals surface area contributed by atoms with Crippen molar-refractivity contribution in [3.63, 3.8) is 0 Å². The van der Waals surface area contributed by atoms with Crippen molar-refractivity contribution >= 4 is 34.4 Å². The van der Waals surface area contributed by atoms with Crippen LogP contribution in [0, 0.1) is 0 Å². The lowest BCUT2D eigenvalue weighted by molar-refractivity contribution is -0.133. The summed E-state index contributed by atoms with van der Waals surface area (Å²) in [7, 11) is 1.93. The molecule has 6 nitrogen and oxygen atoms in total. The van der Waals surface area contributed by atoms with Gasteiger partial charge in [-0.15, -0.1) is 0 Å². The highest BCUT2D eigenvalue weighted by Gasteiger charge is 2.23. The molecule has 1 saturated carbocycles. The summed E-state index contributed by atoms with van der Waals surface area (Å²) in [5.74, 6) is 0.856. The zero-order valence-corrected chi connectivity index (χ0v) is 19.9. The number of amides is 2. The lowest BCUT2D eigenvalue weighted by Crippen LogP contribution is -2.40. The standard InChI is InChI=1S/C26H31ClN4O2/c1-30(21-11-3-2-4-12-21)25(32)18-31-23-14-6-5-13-22(23)29-24(31)15-8-16-28-26(33)19-9-7-10-20(27)17-19/h5-7,9-10,13-14,17,21H,2-4,8,11-12,15-16,18H2,1H3,(H,28,33). The second-order valence-electron chi connectivity index (χ2n) is 8.77. The first-order chi connectivity index (χ1) is 16.0. The Kier molecular flexibility index (Phi) is 7.65. The van der Waals surface area contributed by atoms with Crippen molar-refractivity contribution in [2.45, 2.75) is 57.5 Å². The molecule has 1 aliphatic carbocycles. The Balaban J connectivity index is 1.40. The third kappa shape index (κ3) is 5.74. The number of aryl methyl sites for hydroxylation is 1. The molecular weight excluding hydrogens is 436 g/mol. The summed E-state index contributed by atoms with van der Waals surface area (Å²) in [5.41, 5.74) is 2.41. The van der Waals surface area contributed by atoms with Crippen LogP contribution in [0.1, 0.15) is 54.7 Å². The molecule has 0 aliphatic heterocycles. The number of imidazole rings is 1. The van der Waals surface area contributed by atoms with Gasteiger partial charge in [0.15, 0.2) is 0 Å². The number of aromatic nitrogens is 2. The first-order valence-corrected chi connectivity index (χ1v) is 12.1. The number of nitrogens with one attached hydrogen (secondary N) is 1. The minimum absolute atomic E-state index is 0.126. The number of likely N-dealkylation sites (N-methyl/N-ethyl adjacent to an activating group) is 1. The molecule has 0 bridgehead atoms. The number of carbonyl (C=O) groups is 2. The number of fused-ring (bicyclic) bond motifs is 1. The molecule has 0 radical (unpaired) electrons. The van der Waals surface area contributed by atoms with Crippen LogP contribution < -0.4 is 5.32 Å². The Morgan fingerprint density at radius 1 is 1.12 bits per heavy atom. The molecule has 2 aromatic carbocycles. The molecule has 7 heteroatoms. The SMILES string of the molecule is CN(C(=O)Cn1c(CCCNC(=O)c2cccc(Cl)c2)nc2ccccc21)C1CCCCC1. The summed E-state index contributed by atoms with van der Waals surface area (Å²) < 4.78 is 2.04. The van der Waals surface area contributed by atoms with Gasteiger partial charge in [-0.1, -0.05) is 49.1 Å². The molecule has 2 amide bonds. The van der Waals surface area contributed by atoms with Crippen LogP contribution in [0.25, 0.3) is 11.0 Å². The van der Waals surface area contributed by atoms with Gasteiger partial charge < -0.3 is 14.8 Å². The molecule has 174 valence electrons. The van der Waals surface area contributed by atoms with E-state index < -0.39 is 0 Å². The van der Waals surface area contributed by atoms with Crippen molar-refractivity contribution < 1.29 is 9.59 Å². The van der Waals surface area contributed by atoms with Gasteiger partial charge in [-0.3, -0.25) is 9.59 Å². The van der Waals surface area contributed by atoms with E-state index in [-0.39, 0.29) is 18.4 Å². The smallest absolute Gasteiger partial charge is 0.251 e. The number of benzene rings is 2.